The summed E-state index contributed by atoms with van der Waals surface area (Å²) in [7, 11) is 1.93. The fourth-order valence-corrected chi connectivity index (χ4v) is 2.20. The normalized spacial score (nSPS) is 10.5. The van der Waals surface area contributed by atoms with Crippen molar-refractivity contribution in [2.45, 2.75) is 19.9 Å². The topological polar surface area (TPSA) is 29.9 Å². The van der Waals surface area contributed by atoms with E-state index in [9.17, 15) is 0 Å². The first-order chi connectivity index (χ1) is 8.19. The number of anilines is 1. The van der Waals surface area contributed by atoms with Crippen molar-refractivity contribution in [3.63, 3.8) is 0 Å². The number of hydrogen-bond donors (Lipinski definition) is 1. The molecule has 0 amide bonds. The predicted molar refractivity (Wildman–Crippen MR) is 74.1 cm³/mol. The highest BCUT2D eigenvalue weighted by Crippen LogP contribution is 2.22. The Hall–Kier alpha value is -1.29. The van der Waals surface area contributed by atoms with Crippen LogP contribution in [-0.4, -0.2) is 9.78 Å². The van der Waals surface area contributed by atoms with Gasteiger partial charge in [0.15, 0.2) is 0 Å². The van der Waals surface area contributed by atoms with Crippen LogP contribution in [0, 0.1) is 0 Å². The number of benzene rings is 1. The molecule has 3 nitrogen and oxygen atoms in total. The van der Waals surface area contributed by atoms with Gasteiger partial charge in [-0.1, -0.05) is 22.9 Å². The summed E-state index contributed by atoms with van der Waals surface area (Å²) in [5.74, 6) is 0. The summed E-state index contributed by atoms with van der Waals surface area (Å²) in [6.07, 6.45) is 4.93. The fraction of sp³-hybridized carbons (Fsp3) is 0.308. The van der Waals surface area contributed by atoms with Gasteiger partial charge in [0.25, 0.3) is 0 Å². The minimum absolute atomic E-state index is 0.808. The van der Waals surface area contributed by atoms with E-state index in [1.807, 2.05) is 24.1 Å². The lowest BCUT2D eigenvalue weighted by atomic mass is 10.1. The molecule has 0 saturated heterocycles. The quantitative estimate of drug-likeness (QED) is 0.937. The van der Waals surface area contributed by atoms with Gasteiger partial charge in [0.1, 0.15) is 0 Å². The third kappa shape index (κ3) is 3.09. The molecule has 1 N–H and O–H groups in total. The Labute approximate surface area is 110 Å². The maximum absolute atomic E-state index is 4.15. The Bertz CT molecular complexity index is 505. The third-order valence-corrected chi connectivity index (χ3v) is 3.18. The SMILES string of the molecule is CCc1cc(Br)ccc1NCc1cnn(C)c1. The van der Waals surface area contributed by atoms with Crippen LogP contribution in [0.3, 0.4) is 0 Å². The van der Waals surface area contributed by atoms with E-state index in [2.05, 4.69) is 51.5 Å². The highest BCUT2D eigenvalue weighted by atomic mass is 79.9. The average molecular weight is 294 g/mol. The van der Waals surface area contributed by atoms with E-state index in [1.54, 1.807) is 0 Å². The number of nitrogens with one attached hydrogen (secondary N) is 1. The van der Waals surface area contributed by atoms with Crippen LogP contribution in [0.15, 0.2) is 35.1 Å². The molecule has 0 radical (unpaired) electrons. The summed E-state index contributed by atoms with van der Waals surface area (Å²) in [4.78, 5) is 0. The number of rotatable bonds is 4. The van der Waals surface area contributed by atoms with Crippen molar-refractivity contribution in [3.8, 4) is 0 Å². The summed E-state index contributed by atoms with van der Waals surface area (Å²) in [6.45, 7) is 2.97. The monoisotopic (exact) mass is 293 g/mol. The molecule has 1 aromatic carbocycles. The maximum atomic E-state index is 4.15. The first-order valence-electron chi connectivity index (χ1n) is 5.69. The molecule has 90 valence electrons. The van der Waals surface area contributed by atoms with Gasteiger partial charge >= 0.3 is 0 Å². The van der Waals surface area contributed by atoms with Crippen LogP contribution >= 0.6 is 15.9 Å². The molecule has 0 fully saturated rings. The molecular formula is C13H16BrN3. The number of nitrogens with zero attached hydrogens (tertiary/aromatic N) is 2. The van der Waals surface area contributed by atoms with Gasteiger partial charge in [-0.2, -0.15) is 5.10 Å². The van der Waals surface area contributed by atoms with Gasteiger partial charge in [-0.25, -0.2) is 0 Å². The molecule has 2 aromatic rings. The van der Waals surface area contributed by atoms with Crippen molar-refractivity contribution < 1.29 is 0 Å². The molecule has 0 spiro atoms. The minimum Gasteiger partial charge on any atom is -0.381 e. The van der Waals surface area contributed by atoms with Crippen molar-refractivity contribution in [3.05, 3.63) is 46.2 Å². The zero-order valence-electron chi connectivity index (χ0n) is 10.1. The Morgan fingerprint density at radius 1 is 1.41 bits per heavy atom. The summed E-state index contributed by atoms with van der Waals surface area (Å²) in [5, 5.41) is 7.60. The van der Waals surface area contributed by atoms with E-state index >= 15 is 0 Å². The molecule has 0 unspecified atom stereocenters. The van der Waals surface area contributed by atoms with Crippen molar-refractivity contribution in [2.24, 2.45) is 7.05 Å². The average Bonchev–Trinajstić information content (AvgIpc) is 2.73. The molecular weight excluding hydrogens is 278 g/mol. The Morgan fingerprint density at radius 2 is 2.24 bits per heavy atom. The lowest BCUT2D eigenvalue weighted by Gasteiger charge is -2.10. The Balaban J connectivity index is 2.08. The fourth-order valence-electron chi connectivity index (χ4n) is 1.79. The zero-order chi connectivity index (χ0) is 12.3. The van der Waals surface area contributed by atoms with Crippen LogP contribution in [0.25, 0.3) is 0 Å². The molecule has 2 rings (SSSR count). The predicted octanol–water partition coefficient (Wildman–Crippen LogP) is 3.36. The molecule has 0 aliphatic heterocycles. The van der Waals surface area contributed by atoms with Crippen LogP contribution in [0.4, 0.5) is 5.69 Å². The smallest absolute Gasteiger partial charge is 0.0539 e. The summed E-state index contributed by atoms with van der Waals surface area (Å²) >= 11 is 3.50. The van der Waals surface area contributed by atoms with Crippen LogP contribution in [0.5, 0.6) is 0 Å². The second-order valence-electron chi connectivity index (χ2n) is 4.03. The minimum atomic E-state index is 0.808. The largest absolute Gasteiger partial charge is 0.381 e. The molecule has 1 aromatic heterocycles. The standard InChI is InChI=1S/C13H16BrN3/c1-3-11-6-12(14)4-5-13(11)15-7-10-8-16-17(2)9-10/h4-6,8-9,15H,3,7H2,1-2H3. The number of aryl methyl sites for hydroxylation is 2. The molecule has 0 bridgehead atoms. The number of aromatic nitrogens is 2. The van der Waals surface area contributed by atoms with E-state index in [0.717, 1.165) is 17.4 Å². The summed E-state index contributed by atoms with van der Waals surface area (Å²) in [5.41, 5.74) is 3.71. The lowest BCUT2D eigenvalue weighted by Crippen LogP contribution is -2.01. The van der Waals surface area contributed by atoms with Crippen LogP contribution in [0.2, 0.25) is 0 Å². The van der Waals surface area contributed by atoms with Gasteiger partial charge in [-0.15, -0.1) is 0 Å². The van der Waals surface area contributed by atoms with E-state index in [1.165, 1.54) is 16.8 Å². The molecule has 0 atom stereocenters. The number of halogens is 1. The van der Waals surface area contributed by atoms with E-state index in [-0.39, 0.29) is 0 Å². The van der Waals surface area contributed by atoms with Gasteiger partial charge in [-0.3, -0.25) is 4.68 Å². The Kier molecular flexibility index (Phi) is 3.84. The van der Waals surface area contributed by atoms with Crippen molar-refractivity contribution in [2.75, 3.05) is 5.32 Å². The summed E-state index contributed by atoms with van der Waals surface area (Å²) in [6, 6.07) is 6.33. The van der Waals surface area contributed by atoms with Gasteiger partial charge < -0.3 is 5.32 Å². The van der Waals surface area contributed by atoms with Gasteiger partial charge in [0.05, 0.1) is 6.20 Å². The third-order valence-electron chi connectivity index (χ3n) is 2.69. The van der Waals surface area contributed by atoms with Crippen LogP contribution in [-0.2, 0) is 20.0 Å². The molecule has 1 heterocycles. The molecule has 0 aliphatic rings. The Morgan fingerprint density at radius 3 is 2.88 bits per heavy atom. The molecule has 0 aliphatic carbocycles. The van der Waals surface area contributed by atoms with Gasteiger partial charge in [-0.05, 0) is 30.2 Å². The highest BCUT2D eigenvalue weighted by Gasteiger charge is 2.02. The lowest BCUT2D eigenvalue weighted by molar-refractivity contribution is 0.767. The number of hydrogen-bond acceptors (Lipinski definition) is 2. The maximum Gasteiger partial charge on any atom is 0.0539 e. The van der Waals surface area contributed by atoms with E-state index < -0.39 is 0 Å². The highest BCUT2D eigenvalue weighted by molar-refractivity contribution is 9.10. The van der Waals surface area contributed by atoms with E-state index in [4.69, 9.17) is 0 Å². The van der Waals surface area contributed by atoms with Crippen molar-refractivity contribution in [1.29, 1.82) is 0 Å². The zero-order valence-corrected chi connectivity index (χ0v) is 11.7. The molecule has 17 heavy (non-hydrogen) atoms. The van der Waals surface area contributed by atoms with Crippen molar-refractivity contribution >= 4 is 21.6 Å². The van der Waals surface area contributed by atoms with E-state index in [0.29, 0.717) is 0 Å². The van der Waals surface area contributed by atoms with Crippen LogP contribution < -0.4 is 5.32 Å². The van der Waals surface area contributed by atoms with Gasteiger partial charge in [0, 0.05) is 35.5 Å². The first-order valence-corrected chi connectivity index (χ1v) is 6.48. The molecule has 0 saturated carbocycles. The second kappa shape index (κ2) is 5.36. The van der Waals surface area contributed by atoms with Crippen molar-refractivity contribution in [1.82, 2.24) is 9.78 Å². The van der Waals surface area contributed by atoms with Gasteiger partial charge in [0.2, 0.25) is 0 Å². The first kappa shape index (κ1) is 12.2. The second-order valence-corrected chi connectivity index (χ2v) is 4.95. The molecule has 4 heteroatoms. The summed E-state index contributed by atoms with van der Waals surface area (Å²) < 4.78 is 2.94. The van der Waals surface area contributed by atoms with Crippen LogP contribution in [0.1, 0.15) is 18.1 Å².